The topological polar surface area (TPSA) is 183 Å². The molecular weight excluding hydrogens is 327 g/mol. The standard InChI is InChI=1S/C11H15N6O5P/c12-8-7-9(16-11(13)15-8)17(4-14-7)10-6(18)3-5(22-10)1-2-23(19,20)21/h1-2,4-6,10,18H,3H2,(H2,19,20,21)(H4,12,13,15,16)/b2-1+. The molecule has 3 heterocycles. The number of nitrogens with zero attached hydrogens (tertiary/aromatic N) is 4. The first kappa shape index (κ1) is 15.8. The molecule has 2 aromatic heterocycles. The van der Waals surface area contributed by atoms with Crippen LogP contribution < -0.4 is 11.5 Å². The highest BCUT2D eigenvalue weighted by Gasteiger charge is 2.35. The molecule has 3 unspecified atom stereocenters. The fraction of sp³-hybridized carbons (Fsp3) is 0.364. The highest BCUT2D eigenvalue weighted by atomic mass is 31.2. The average molecular weight is 342 g/mol. The van der Waals surface area contributed by atoms with Gasteiger partial charge in [-0.25, -0.2) is 4.98 Å². The van der Waals surface area contributed by atoms with Crippen molar-refractivity contribution in [2.45, 2.75) is 24.9 Å². The molecular formula is C11H15N6O5P. The number of aliphatic hydroxyl groups is 1. The molecule has 3 rings (SSSR count). The van der Waals surface area contributed by atoms with E-state index in [-0.39, 0.29) is 18.2 Å². The van der Waals surface area contributed by atoms with Gasteiger partial charge in [0.15, 0.2) is 17.7 Å². The molecule has 0 aliphatic carbocycles. The largest absolute Gasteiger partial charge is 0.388 e. The Morgan fingerprint density at radius 3 is 2.83 bits per heavy atom. The number of rotatable bonds is 3. The number of hydrogen-bond acceptors (Lipinski definition) is 8. The third-order valence-electron chi connectivity index (χ3n) is 3.35. The zero-order valence-corrected chi connectivity index (χ0v) is 12.6. The molecule has 1 aliphatic rings. The molecule has 7 N–H and O–H groups in total. The molecule has 0 spiro atoms. The number of anilines is 2. The fourth-order valence-electron chi connectivity index (χ4n) is 2.40. The van der Waals surface area contributed by atoms with Gasteiger partial charge in [0.05, 0.1) is 12.4 Å². The summed E-state index contributed by atoms with van der Waals surface area (Å²) in [6, 6.07) is 0. The maximum absolute atomic E-state index is 10.9. The predicted octanol–water partition coefficient (Wildman–Crippen LogP) is -0.670. The van der Waals surface area contributed by atoms with E-state index in [1.54, 1.807) is 0 Å². The highest BCUT2D eigenvalue weighted by Crippen LogP contribution is 2.38. The van der Waals surface area contributed by atoms with Crippen LogP contribution in [0.4, 0.5) is 11.8 Å². The van der Waals surface area contributed by atoms with Crippen molar-refractivity contribution in [2.75, 3.05) is 11.5 Å². The van der Waals surface area contributed by atoms with Crippen LogP contribution in [0.5, 0.6) is 0 Å². The summed E-state index contributed by atoms with van der Waals surface area (Å²) in [5.74, 6) is 0.815. The summed E-state index contributed by atoms with van der Waals surface area (Å²) in [7, 11) is -4.28. The van der Waals surface area contributed by atoms with Crippen LogP contribution in [0, 0.1) is 0 Å². The van der Waals surface area contributed by atoms with Crippen LogP contribution in [0.1, 0.15) is 12.6 Å². The van der Waals surface area contributed by atoms with Gasteiger partial charge < -0.3 is 31.1 Å². The van der Waals surface area contributed by atoms with Gasteiger partial charge in [0.1, 0.15) is 11.6 Å². The lowest BCUT2D eigenvalue weighted by Crippen LogP contribution is -2.19. The summed E-state index contributed by atoms with van der Waals surface area (Å²) in [5.41, 5.74) is 11.9. The average Bonchev–Trinajstić information content (AvgIpc) is 2.99. The maximum Gasteiger partial charge on any atom is 0.348 e. The molecule has 1 aliphatic heterocycles. The predicted molar refractivity (Wildman–Crippen MR) is 79.9 cm³/mol. The van der Waals surface area contributed by atoms with Crippen LogP contribution in [-0.2, 0) is 9.30 Å². The third kappa shape index (κ3) is 3.19. The number of nitrogen functional groups attached to an aromatic ring is 2. The van der Waals surface area contributed by atoms with Crippen LogP contribution >= 0.6 is 7.60 Å². The number of hydrogen-bond donors (Lipinski definition) is 5. The van der Waals surface area contributed by atoms with Crippen molar-refractivity contribution >= 4 is 30.5 Å². The van der Waals surface area contributed by atoms with E-state index in [1.165, 1.54) is 17.0 Å². The smallest absolute Gasteiger partial charge is 0.348 e. The molecule has 0 amide bonds. The fourth-order valence-corrected chi connectivity index (χ4v) is 2.82. The van der Waals surface area contributed by atoms with E-state index in [1.807, 2.05) is 0 Å². The van der Waals surface area contributed by atoms with Crippen molar-refractivity contribution in [3.05, 3.63) is 18.2 Å². The van der Waals surface area contributed by atoms with E-state index in [0.29, 0.717) is 11.2 Å². The first-order valence-electron chi connectivity index (χ1n) is 6.58. The van der Waals surface area contributed by atoms with Crippen molar-refractivity contribution in [3.63, 3.8) is 0 Å². The maximum atomic E-state index is 10.9. The van der Waals surface area contributed by atoms with Crippen molar-refractivity contribution in [1.29, 1.82) is 0 Å². The molecule has 1 saturated heterocycles. The van der Waals surface area contributed by atoms with Gasteiger partial charge in [-0.05, 0) is 6.08 Å². The van der Waals surface area contributed by atoms with Gasteiger partial charge in [-0.15, -0.1) is 0 Å². The van der Waals surface area contributed by atoms with Gasteiger partial charge in [0.25, 0.3) is 0 Å². The number of imidazole rings is 1. The normalized spacial score (nSPS) is 25.6. The van der Waals surface area contributed by atoms with E-state index in [2.05, 4.69) is 15.0 Å². The van der Waals surface area contributed by atoms with Crippen LogP contribution in [0.25, 0.3) is 11.2 Å². The summed E-state index contributed by atoms with van der Waals surface area (Å²) in [6.45, 7) is 0. The zero-order chi connectivity index (χ0) is 16.8. The van der Waals surface area contributed by atoms with E-state index < -0.39 is 26.0 Å². The summed E-state index contributed by atoms with van der Waals surface area (Å²) >= 11 is 0. The Morgan fingerprint density at radius 2 is 2.13 bits per heavy atom. The monoisotopic (exact) mass is 342 g/mol. The molecule has 23 heavy (non-hydrogen) atoms. The molecule has 124 valence electrons. The first-order chi connectivity index (χ1) is 10.7. The van der Waals surface area contributed by atoms with Crippen LogP contribution in [0.3, 0.4) is 0 Å². The molecule has 0 saturated carbocycles. The van der Waals surface area contributed by atoms with Crippen LogP contribution in [-0.4, -0.2) is 46.6 Å². The van der Waals surface area contributed by atoms with E-state index in [0.717, 1.165) is 5.82 Å². The van der Waals surface area contributed by atoms with Gasteiger partial charge >= 0.3 is 7.60 Å². The second-order valence-electron chi connectivity index (χ2n) is 5.09. The molecule has 1 fully saturated rings. The SMILES string of the molecule is Nc1nc(N)c2ncn(C3OC(/C=C/P(=O)(O)O)CC3O)c2n1. The number of aromatic nitrogens is 4. The van der Waals surface area contributed by atoms with Gasteiger partial charge in [-0.1, -0.05) is 0 Å². The Balaban J connectivity index is 1.91. The van der Waals surface area contributed by atoms with Crippen LogP contribution in [0.2, 0.25) is 0 Å². The van der Waals surface area contributed by atoms with Crippen molar-refractivity contribution in [2.24, 2.45) is 0 Å². The number of fused-ring (bicyclic) bond motifs is 1. The van der Waals surface area contributed by atoms with Gasteiger partial charge in [-0.3, -0.25) is 9.13 Å². The lowest BCUT2D eigenvalue weighted by Gasteiger charge is -2.16. The Labute approximate surface area is 129 Å². The number of nitrogens with two attached hydrogens (primary N) is 2. The van der Waals surface area contributed by atoms with E-state index >= 15 is 0 Å². The Hall–Kier alpha value is -2.04. The van der Waals surface area contributed by atoms with Crippen LogP contribution in [0.15, 0.2) is 18.2 Å². The molecule has 0 aromatic carbocycles. The Morgan fingerprint density at radius 1 is 1.39 bits per heavy atom. The van der Waals surface area contributed by atoms with Crippen molar-refractivity contribution < 1.29 is 24.2 Å². The molecule has 11 nitrogen and oxygen atoms in total. The molecule has 12 heteroatoms. The van der Waals surface area contributed by atoms with Crippen molar-refractivity contribution in [3.8, 4) is 0 Å². The van der Waals surface area contributed by atoms with Crippen molar-refractivity contribution in [1.82, 2.24) is 19.5 Å². The quantitative estimate of drug-likeness (QED) is 0.448. The first-order valence-corrected chi connectivity index (χ1v) is 8.26. The lowest BCUT2D eigenvalue weighted by molar-refractivity contribution is -0.0227. The minimum atomic E-state index is -4.28. The van der Waals surface area contributed by atoms with E-state index in [9.17, 15) is 9.67 Å². The third-order valence-corrected chi connectivity index (χ3v) is 3.91. The van der Waals surface area contributed by atoms with E-state index in [4.69, 9.17) is 26.0 Å². The lowest BCUT2D eigenvalue weighted by atomic mass is 10.2. The summed E-state index contributed by atoms with van der Waals surface area (Å²) < 4.78 is 17.9. The Kier molecular flexibility index (Phi) is 3.82. The van der Waals surface area contributed by atoms with Gasteiger partial charge in [0.2, 0.25) is 5.95 Å². The minimum Gasteiger partial charge on any atom is -0.388 e. The minimum absolute atomic E-state index is 0.0396. The molecule has 2 aromatic rings. The second-order valence-corrected chi connectivity index (χ2v) is 6.57. The number of ether oxygens (including phenoxy) is 1. The summed E-state index contributed by atoms with van der Waals surface area (Å²) in [6.07, 6.45) is 0.364. The molecule has 0 bridgehead atoms. The Bertz CT molecular complexity index is 817. The highest BCUT2D eigenvalue weighted by molar-refractivity contribution is 7.55. The van der Waals surface area contributed by atoms with Gasteiger partial charge in [-0.2, -0.15) is 9.97 Å². The zero-order valence-electron chi connectivity index (χ0n) is 11.7. The second kappa shape index (κ2) is 5.55. The summed E-state index contributed by atoms with van der Waals surface area (Å²) in [5, 5.41) is 10.2. The molecule has 3 atom stereocenters. The van der Waals surface area contributed by atoms with Gasteiger partial charge in [0, 0.05) is 12.2 Å². The summed E-state index contributed by atoms with van der Waals surface area (Å²) in [4.78, 5) is 29.6. The number of aliphatic hydroxyl groups excluding tert-OH is 1. The molecule has 0 radical (unpaired) electrons.